The topological polar surface area (TPSA) is 0 Å². The van der Waals surface area contributed by atoms with Gasteiger partial charge >= 0.3 is 0 Å². The second-order valence-corrected chi connectivity index (χ2v) is 2.88. The molecule has 1 aliphatic carbocycles. The Kier molecular flexibility index (Phi) is 1.29. The highest BCUT2D eigenvalue weighted by Gasteiger charge is 2.32. The summed E-state index contributed by atoms with van der Waals surface area (Å²) in [7, 11) is 0. The third kappa shape index (κ3) is 0.908. The second kappa shape index (κ2) is 1.66. The summed E-state index contributed by atoms with van der Waals surface area (Å²) in [4.78, 5) is 0.111. The lowest BCUT2D eigenvalue weighted by molar-refractivity contribution is 0.458. The molecule has 0 saturated heterocycles. The summed E-state index contributed by atoms with van der Waals surface area (Å²) in [6.07, 6.45) is 5.69. The summed E-state index contributed by atoms with van der Waals surface area (Å²) in [6, 6.07) is 0. The monoisotopic (exact) mass is 117 g/mol. The molecule has 1 atom stereocenters. The molecule has 41 valence electrons. The maximum Gasteiger partial charge on any atom is 0.0475 e. The van der Waals surface area contributed by atoms with E-state index >= 15 is 0 Å². The fourth-order valence-electron chi connectivity index (χ4n) is 0.779. The Balaban J connectivity index is 2.29. The molecule has 0 heterocycles. The molecule has 0 N–H and O–H groups in total. The van der Waals surface area contributed by atoms with Crippen molar-refractivity contribution in [3.63, 3.8) is 0 Å². The van der Waals surface area contributed by atoms with Gasteiger partial charge in [0.2, 0.25) is 0 Å². The average molecular weight is 118 g/mol. The fourth-order valence-corrected chi connectivity index (χ4v) is 0.997. The minimum atomic E-state index is 0.111. The SMILES string of the molecule is CCC1(Cl)[CH]CC1. The normalized spacial score (nSPS) is 26.6. The number of halogens is 1. The molecule has 1 unspecified atom stereocenters. The van der Waals surface area contributed by atoms with Gasteiger partial charge in [0.25, 0.3) is 0 Å². The van der Waals surface area contributed by atoms with E-state index in [0.29, 0.717) is 0 Å². The van der Waals surface area contributed by atoms with Crippen LogP contribution in [-0.2, 0) is 0 Å². The molecule has 1 saturated carbocycles. The van der Waals surface area contributed by atoms with E-state index in [0.717, 1.165) is 6.42 Å². The lowest BCUT2D eigenvalue weighted by atomic mass is 9.82. The third-order valence-corrected chi connectivity index (χ3v) is 2.27. The van der Waals surface area contributed by atoms with Gasteiger partial charge in [-0.15, -0.1) is 11.6 Å². The molecule has 1 radical (unpaired) electrons. The molecule has 1 heteroatoms. The van der Waals surface area contributed by atoms with E-state index in [1.54, 1.807) is 0 Å². The summed E-state index contributed by atoms with van der Waals surface area (Å²) < 4.78 is 0. The first-order valence-electron chi connectivity index (χ1n) is 2.80. The Bertz CT molecular complexity index is 59.1. The zero-order valence-electron chi connectivity index (χ0n) is 4.58. The quantitative estimate of drug-likeness (QED) is 0.463. The summed E-state index contributed by atoms with van der Waals surface area (Å²) in [5, 5.41) is 0. The second-order valence-electron chi connectivity index (χ2n) is 2.13. The number of rotatable bonds is 1. The molecular formula is C6H10Cl. The van der Waals surface area contributed by atoms with E-state index in [-0.39, 0.29) is 4.87 Å². The van der Waals surface area contributed by atoms with E-state index < -0.39 is 0 Å². The van der Waals surface area contributed by atoms with Crippen molar-refractivity contribution in [2.75, 3.05) is 0 Å². The summed E-state index contributed by atoms with van der Waals surface area (Å²) in [5.74, 6) is 0. The first-order valence-corrected chi connectivity index (χ1v) is 3.18. The third-order valence-electron chi connectivity index (χ3n) is 1.66. The molecule has 1 aliphatic rings. The Labute approximate surface area is 49.9 Å². The van der Waals surface area contributed by atoms with Gasteiger partial charge < -0.3 is 0 Å². The number of hydrogen-bond acceptors (Lipinski definition) is 0. The van der Waals surface area contributed by atoms with Gasteiger partial charge in [0.15, 0.2) is 0 Å². The Morgan fingerprint density at radius 3 is 2.43 bits per heavy atom. The van der Waals surface area contributed by atoms with Gasteiger partial charge in [-0.05, 0) is 25.7 Å². The summed E-state index contributed by atoms with van der Waals surface area (Å²) >= 11 is 5.94. The van der Waals surface area contributed by atoms with Crippen LogP contribution in [0.2, 0.25) is 0 Å². The van der Waals surface area contributed by atoms with Crippen LogP contribution >= 0.6 is 11.6 Å². The fraction of sp³-hybridized carbons (Fsp3) is 0.833. The Morgan fingerprint density at radius 1 is 1.86 bits per heavy atom. The predicted octanol–water partition coefficient (Wildman–Crippen LogP) is 2.37. The van der Waals surface area contributed by atoms with Crippen LogP contribution in [0.5, 0.6) is 0 Å². The van der Waals surface area contributed by atoms with E-state index in [9.17, 15) is 0 Å². The molecular weight excluding hydrogens is 108 g/mol. The largest absolute Gasteiger partial charge is 0.119 e. The van der Waals surface area contributed by atoms with E-state index in [1.165, 1.54) is 12.8 Å². The zero-order chi connectivity index (χ0) is 5.33. The molecule has 1 fully saturated rings. The van der Waals surface area contributed by atoms with E-state index in [4.69, 9.17) is 11.6 Å². The van der Waals surface area contributed by atoms with Crippen LogP contribution in [-0.4, -0.2) is 4.87 Å². The summed E-state index contributed by atoms with van der Waals surface area (Å²) in [5.41, 5.74) is 0. The van der Waals surface area contributed by atoms with Gasteiger partial charge in [-0.2, -0.15) is 0 Å². The van der Waals surface area contributed by atoms with Crippen LogP contribution in [0.15, 0.2) is 0 Å². The lowest BCUT2D eigenvalue weighted by Crippen LogP contribution is -2.29. The van der Waals surface area contributed by atoms with E-state index in [1.807, 2.05) is 0 Å². The number of hydrogen-bond donors (Lipinski definition) is 0. The van der Waals surface area contributed by atoms with E-state index in [2.05, 4.69) is 13.3 Å². The van der Waals surface area contributed by atoms with Crippen LogP contribution in [0.3, 0.4) is 0 Å². The molecule has 0 aromatic heterocycles. The molecule has 0 aromatic carbocycles. The van der Waals surface area contributed by atoms with Crippen LogP contribution in [0.1, 0.15) is 26.2 Å². The van der Waals surface area contributed by atoms with Crippen molar-refractivity contribution in [1.29, 1.82) is 0 Å². The molecule has 0 aliphatic heterocycles. The van der Waals surface area contributed by atoms with Crippen molar-refractivity contribution in [2.45, 2.75) is 31.1 Å². The molecule has 0 aromatic rings. The Morgan fingerprint density at radius 2 is 2.43 bits per heavy atom. The van der Waals surface area contributed by atoms with Gasteiger partial charge in [0.1, 0.15) is 0 Å². The van der Waals surface area contributed by atoms with Crippen molar-refractivity contribution in [2.24, 2.45) is 0 Å². The van der Waals surface area contributed by atoms with Crippen LogP contribution in [0, 0.1) is 6.42 Å². The standard InChI is InChI=1S/C6H10Cl/c1-2-6(7)4-3-5-6/h4H,2-3,5H2,1H3. The molecule has 1 rings (SSSR count). The first-order chi connectivity index (χ1) is 3.27. The van der Waals surface area contributed by atoms with Gasteiger partial charge in [-0.3, -0.25) is 0 Å². The smallest absolute Gasteiger partial charge is 0.0475 e. The van der Waals surface area contributed by atoms with Crippen LogP contribution in [0.25, 0.3) is 0 Å². The first kappa shape index (κ1) is 5.43. The van der Waals surface area contributed by atoms with Crippen molar-refractivity contribution in [3.05, 3.63) is 6.42 Å². The maximum absolute atomic E-state index is 5.94. The molecule has 0 nitrogen and oxygen atoms in total. The van der Waals surface area contributed by atoms with Crippen LogP contribution in [0.4, 0.5) is 0 Å². The van der Waals surface area contributed by atoms with Crippen molar-refractivity contribution >= 4 is 11.6 Å². The van der Waals surface area contributed by atoms with Crippen molar-refractivity contribution in [1.82, 2.24) is 0 Å². The highest BCUT2D eigenvalue weighted by molar-refractivity contribution is 6.25. The van der Waals surface area contributed by atoms with Crippen molar-refractivity contribution < 1.29 is 0 Å². The average Bonchev–Trinajstić information content (AvgIpc) is 1.61. The molecule has 0 bridgehead atoms. The molecule has 0 spiro atoms. The Hall–Kier alpha value is 0.290. The maximum atomic E-state index is 5.94. The highest BCUT2D eigenvalue weighted by Crippen LogP contribution is 2.39. The molecule has 0 amide bonds. The van der Waals surface area contributed by atoms with Crippen LogP contribution < -0.4 is 0 Å². The number of alkyl halides is 1. The molecule has 7 heavy (non-hydrogen) atoms. The minimum absolute atomic E-state index is 0.111. The summed E-state index contributed by atoms with van der Waals surface area (Å²) in [6.45, 7) is 2.13. The van der Waals surface area contributed by atoms with Gasteiger partial charge in [0, 0.05) is 4.87 Å². The van der Waals surface area contributed by atoms with Gasteiger partial charge in [-0.1, -0.05) is 6.92 Å². The van der Waals surface area contributed by atoms with Crippen molar-refractivity contribution in [3.8, 4) is 0 Å². The predicted molar refractivity (Wildman–Crippen MR) is 32.4 cm³/mol. The van der Waals surface area contributed by atoms with Gasteiger partial charge in [-0.25, -0.2) is 0 Å². The minimum Gasteiger partial charge on any atom is -0.119 e. The highest BCUT2D eigenvalue weighted by atomic mass is 35.5. The van der Waals surface area contributed by atoms with Gasteiger partial charge in [0.05, 0.1) is 0 Å². The lowest BCUT2D eigenvalue weighted by Gasteiger charge is -2.33. The zero-order valence-corrected chi connectivity index (χ0v) is 5.33.